The number of carbonyl (C=O) groups is 1. The Morgan fingerprint density at radius 1 is 1.35 bits per heavy atom. The molecule has 5 nitrogen and oxygen atoms in total. The molecule has 106 valence electrons. The van der Waals surface area contributed by atoms with Crippen LogP contribution >= 0.6 is 0 Å². The topological polar surface area (TPSA) is 56.1 Å². The molecule has 0 saturated carbocycles. The molecule has 1 amide bonds. The van der Waals surface area contributed by atoms with Crippen LogP contribution in [0.4, 0.5) is 5.69 Å². The Bertz CT molecular complexity index is 598. The van der Waals surface area contributed by atoms with Gasteiger partial charge in [-0.25, -0.2) is 0 Å². The third kappa shape index (κ3) is 3.17. The number of aryl methyl sites for hydroxylation is 2. The first-order chi connectivity index (χ1) is 9.47. The van der Waals surface area contributed by atoms with Crippen molar-refractivity contribution in [3.05, 3.63) is 41.7 Å². The number of hydrogen-bond acceptors (Lipinski definition) is 3. The van der Waals surface area contributed by atoms with Crippen molar-refractivity contribution in [3.8, 4) is 5.75 Å². The quantitative estimate of drug-likeness (QED) is 0.932. The van der Waals surface area contributed by atoms with E-state index in [9.17, 15) is 4.79 Å². The predicted octanol–water partition coefficient (Wildman–Crippen LogP) is 2.77. The second-order valence-corrected chi connectivity index (χ2v) is 4.91. The number of benzene rings is 1. The van der Waals surface area contributed by atoms with Gasteiger partial charge >= 0.3 is 0 Å². The number of rotatable bonds is 4. The van der Waals surface area contributed by atoms with Crippen molar-refractivity contribution in [2.24, 2.45) is 7.05 Å². The second kappa shape index (κ2) is 5.77. The van der Waals surface area contributed by atoms with Gasteiger partial charge in [0.2, 0.25) is 0 Å². The Hall–Kier alpha value is -2.30. The van der Waals surface area contributed by atoms with Crippen molar-refractivity contribution >= 4 is 11.6 Å². The number of anilines is 1. The molecule has 0 radical (unpaired) electrons. The van der Waals surface area contributed by atoms with Crippen LogP contribution in [0.25, 0.3) is 0 Å². The van der Waals surface area contributed by atoms with Gasteiger partial charge in [0.25, 0.3) is 5.91 Å². The molecule has 0 aliphatic carbocycles. The predicted molar refractivity (Wildman–Crippen MR) is 78.1 cm³/mol. The fourth-order valence-electron chi connectivity index (χ4n) is 1.78. The van der Waals surface area contributed by atoms with Crippen molar-refractivity contribution < 1.29 is 9.53 Å². The molecule has 0 bridgehead atoms. The fraction of sp³-hybridized carbons (Fsp3) is 0.333. The highest BCUT2D eigenvalue weighted by molar-refractivity contribution is 6.03. The maximum Gasteiger partial charge on any atom is 0.276 e. The van der Waals surface area contributed by atoms with Gasteiger partial charge in [0.15, 0.2) is 5.69 Å². The molecule has 0 fully saturated rings. The number of amides is 1. The van der Waals surface area contributed by atoms with E-state index >= 15 is 0 Å². The largest absolute Gasteiger partial charge is 0.489 e. The molecule has 2 rings (SSSR count). The third-order valence-electron chi connectivity index (χ3n) is 2.84. The van der Waals surface area contributed by atoms with E-state index in [1.165, 1.54) is 0 Å². The summed E-state index contributed by atoms with van der Waals surface area (Å²) in [6.45, 7) is 5.79. The van der Waals surface area contributed by atoms with Gasteiger partial charge in [-0.05, 0) is 39.0 Å². The second-order valence-electron chi connectivity index (χ2n) is 4.91. The standard InChI is InChI=1S/C15H19N3O2/c1-10(2)20-14-8-6-5-7-12(14)16-15(19)13-9-11(3)18(4)17-13/h5-10H,1-4H3,(H,16,19). The number of nitrogens with one attached hydrogen (secondary N) is 1. The van der Waals surface area contributed by atoms with E-state index in [4.69, 9.17) is 4.74 Å². The Balaban J connectivity index is 2.19. The van der Waals surface area contributed by atoms with Crippen LogP contribution in [0, 0.1) is 6.92 Å². The van der Waals surface area contributed by atoms with E-state index in [2.05, 4.69) is 10.4 Å². The molecular formula is C15H19N3O2. The van der Waals surface area contributed by atoms with E-state index in [0.717, 1.165) is 5.69 Å². The molecule has 1 N–H and O–H groups in total. The Labute approximate surface area is 118 Å². The molecule has 1 aromatic carbocycles. The average Bonchev–Trinajstić information content (AvgIpc) is 2.71. The van der Waals surface area contributed by atoms with E-state index in [1.807, 2.05) is 52.1 Å². The normalized spacial score (nSPS) is 10.7. The van der Waals surface area contributed by atoms with Crippen molar-refractivity contribution in [2.45, 2.75) is 26.9 Å². The summed E-state index contributed by atoms with van der Waals surface area (Å²) in [4.78, 5) is 12.2. The fourth-order valence-corrected chi connectivity index (χ4v) is 1.78. The minimum absolute atomic E-state index is 0.0464. The third-order valence-corrected chi connectivity index (χ3v) is 2.84. The van der Waals surface area contributed by atoms with Crippen LogP contribution in [0.3, 0.4) is 0 Å². The maximum absolute atomic E-state index is 12.2. The molecule has 0 aliphatic rings. The van der Waals surface area contributed by atoms with Crippen LogP contribution in [0.5, 0.6) is 5.75 Å². The highest BCUT2D eigenvalue weighted by Gasteiger charge is 2.13. The van der Waals surface area contributed by atoms with E-state index in [-0.39, 0.29) is 12.0 Å². The Kier molecular flexibility index (Phi) is 4.08. The summed E-state index contributed by atoms with van der Waals surface area (Å²) in [5.74, 6) is 0.414. The number of nitrogens with zero attached hydrogens (tertiary/aromatic N) is 2. The lowest BCUT2D eigenvalue weighted by atomic mass is 10.2. The molecule has 1 aromatic heterocycles. The van der Waals surface area contributed by atoms with Gasteiger partial charge in [-0.1, -0.05) is 12.1 Å². The van der Waals surface area contributed by atoms with Crippen molar-refractivity contribution in [3.63, 3.8) is 0 Å². The zero-order chi connectivity index (χ0) is 14.7. The highest BCUT2D eigenvalue weighted by Crippen LogP contribution is 2.25. The van der Waals surface area contributed by atoms with Crippen LogP contribution in [-0.4, -0.2) is 21.8 Å². The number of carbonyl (C=O) groups excluding carboxylic acids is 1. The van der Waals surface area contributed by atoms with Crippen molar-refractivity contribution in [2.75, 3.05) is 5.32 Å². The lowest BCUT2D eigenvalue weighted by Gasteiger charge is -2.14. The monoisotopic (exact) mass is 273 g/mol. The van der Waals surface area contributed by atoms with Crippen LogP contribution in [0.2, 0.25) is 0 Å². The van der Waals surface area contributed by atoms with Gasteiger partial charge in [-0.15, -0.1) is 0 Å². The number of ether oxygens (including phenoxy) is 1. The summed E-state index contributed by atoms with van der Waals surface area (Å²) >= 11 is 0. The molecule has 0 atom stereocenters. The molecular weight excluding hydrogens is 254 g/mol. The van der Waals surface area contributed by atoms with Gasteiger partial charge in [-0.2, -0.15) is 5.10 Å². The first-order valence-corrected chi connectivity index (χ1v) is 6.55. The zero-order valence-corrected chi connectivity index (χ0v) is 12.2. The summed E-state index contributed by atoms with van der Waals surface area (Å²) < 4.78 is 7.34. The van der Waals surface area contributed by atoms with Gasteiger partial charge in [-0.3, -0.25) is 9.48 Å². The first kappa shape index (κ1) is 14.1. The maximum atomic E-state index is 12.2. The zero-order valence-electron chi connectivity index (χ0n) is 12.2. The van der Waals surface area contributed by atoms with E-state index in [0.29, 0.717) is 17.1 Å². The van der Waals surface area contributed by atoms with E-state index < -0.39 is 0 Å². The molecule has 0 unspecified atom stereocenters. The molecule has 20 heavy (non-hydrogen) atoms. The lowest BCUT2D eigenvalue weighted by molar-refractivity contribution is 0.102. The minimum Gasteiger partial charge on any atom is -0.489 e. The molecule has 5 heteroatoms. The van der Waals surface area contributed by atoms with Gasteiger partial charge in [0.05, 0.1) is 11.8 Å². The molecule has 1 heterocycles. The van der Waals surface area contributed by atoms with Gasteiger partial charge < -0.3 is 10.1 Å². The molecule has 0 aliphatic heterocycles. The molecule has 2 aromatic rings. The molecule has 0 saturated heterocycles. The van der Waals surface area contributed by atoms with Crippen LogP contribution < -0.4 is 10.1 Å². The summed E-state index contributed by atoms with van der Waals surface area (Å²) in [6.07, 6.45) is 0.0464. The Morgan fingerprint density at radius 2 is 2.05 bits per heavy atom. The SMILES string of the molecule is Cc1cc(C(=O)Nc2ccccc2OC(C)C)nn1C. The first-order valence-electron chi connectivity index (χ1n) is 6.55. The lowest BCUT2D eigenvalue weighted by Crippen LogP contribution is -2.15. The van der Waals surface area contributed by atoms with E-state index in [1.54, 1.807) is 10.7 Å². The summed E-state index contributed by atoms with van der Waals surface area (Å²) in [7, 11) is 1.81. The number of hydrogen-bond donors (Lipinski definition) is 1. The smallest absolute Gasteiger partial charge is 0.276 e. The summed E-state index contributed by atoms with van der Waals surface area (Å²) in [5, 5.41) is 6.99. The van der Waals surface area contributed by atoms with Gasteiger partial charge in [0.1, 0.15) is 5.75 Å². The number of para-hydroxylation sites is 2. The van der Waals surface area contributed by atoms with Crippen LogP contribution in [0.15, 0.2) is 30.3 Å². The van der Waals surface area contributed by atoms with Crippen LogP contribution in [0.1, 0.15) is 30.0 Å². The van der Waals surface area contributed by atoms with Crippen molar-refractivity contribution in [1.82, 2.24) is 9.78 Å². The minimum atomic E-state index is -0.242. The number of aromatic nitrogens is 2. The highest BCUT2D eigenvalue weighted by atomic mass is 16.5. The molecule has 0 spiro atoms. The van der Waals surface area contributed by atoms with Crippen molar-refractivity contribution in [1.29, 1.82) is 0 Å². The van der Waals surface area contributed by atoms with Gasteiger partial charge in [0, 0.05) is 12.7 Å². The Morgan fingerprint density at radius 3 is 2.65 bits per heavy atom. The summed E-state index contributed by atoms with van der Waals surface area (Å²) in [5.41, 5.74) is 1.97. The average molecular weight is 273 g/mol. The van der Waals surface area contributed by atoms with Crippen LogP contribution in [-0.2, 0) is 7.05 Å². The summed E-state index contributed by atoms with van der Waals surface area (Å²) in [6, 6.07) is 9.12.